The molecule has 41 heavy (non-hydrogen) atoms. The molecule has 0 spiro atoms. The topological polar surface area (TPSA) is 77.1 Å². The molecule has 2 heterocycles. The molecular weight excluding hydrogens is 515 g/mol. The fraction of sp³-hybridized carbons (Fsp3) is 0.576. The van der Waals surface area contributed by atoms with Crippen LogP contribution in [0.4, 0.5) is 10.5 Å². The number of nitrogens with one attached hydrogen (secondary N) is 1. The van der Waals surface area contributed by atoms with Gasteiger partial charge in [0, 0.05) is 25.2 Å². The molecule has 2 aliphatic heterocycles. The van der Waals surface area contributed by atoms with Crippen molar-refractivity contribution in [3.63, 3.8) is 0 Å². The summed E-state index contributed by atoms with van der Waals surface area (Å²) >= 11 is 0. The Morgan fingerprint density at radius 3 is 2.20 bits per heavy atom. The highest BCUT2D eigenvalue weighted by atomic mass is 16.7. The highest BCUT2D eigenvalue weighted by Crippen LogP contribution is 2.36. The van der Waals surface area contributed by atoms with Gasteiger partial charge in [-0.1, -0.05) is 30.3 Å². The second-order valence-corrected chi connectivity index (χ2v) is 13.5. The van der Waals surface area contributed by atoms with E-state index in [1.54, 1.807) is 4.90 Å². The van der Waals surface area contributed by atoms with Crippen molar-refractivity contribution in [1.82, 2.24) is 4.90 Å². The molecule has 0 atom stereocenters. The highest BCUT2D eigenvalue weighted by molar-refractivity contribution is 6.62. The second kappa shape index (κ2) is 12.2. The number of carbonyl (C=O) groups excluding carboxylic acids is 2. The molecule has 0 saturated carbocycles. The molecule has 2 aromatic carbocycles. The minimum absolute atomic E-state index is 0.0217. The lowest BCUT2D eigenvalue weighted by Crippen LogP contribution is -2.41. The van der Waals surface area contributed by atoms with Crippen molar-refractivity contribution in [2.24, 2.45) is 0 Å². The van der Waals surface area contributed by atoms with Crippen LogP contribution in [0, 0.1) is 6.92 Å². The molecule has 7 nitrogen and oxygen atoms in total. The Morgan fingerprint density at radius 2 is 1.61 bits per heavy atom. The Bertz CT molecular complexity index is 1210. The summed E-state index contributed by atoms with van der Waals surface area (Å²) in [6, 6.07) is 14.5. The van der Waals surface area contributed by atoms with Crippen LogP contribution >= 0.6 is 0 Å². The van der Waals surface area contributed by atoms with Gasteiger partial charge in [-0.25, -0.2) is 4.79 Å². The average Bonchev–Trinajstić information content (AvgIpc) is 3.11. The van der Waals surface area contributed by atoms with E-state index in [1.807, 2.05) is 26.8 Å². The van der Waals surface area contributed by atoms with Gasteiger partial charge in [0.1, 0.15) is 5.60 Å². The third-order valence-corrected chi connectivity index (χ3v) is 8.52. The van der Waals surface area contributed by atoms with E-state index >= 15 is 0 Å². The molecule has 1 N–H and O–H groups in total. The van der Waals surface area contributed by atoms with Crippen LogP contribution in [0.15, 0.2) is 42.5 Å². The first kappa shape index (κ1) is 31.1. The Kier molecular flexibility index (Phi) is 9.24. The number of benzene rings is 2. The van der Waals surface area contributed by atoms with E-state index in [2.05, 4.69) is 76.3 Å². The van der Waals surface area contributed by atoms with Gasteiger partial charge in [-0.2, -0.15) is 0 Å². The number of hydrogen-bond donors (Lipinski definition) is 1. The fourth-order valence-corrected chi connectivity index (χ4v) is 5.35. The Hall–Kier alpha value is -2.84. The quantitative estimate of drug-likeness (QED) is 0.397. The lowest BCUT2D eigenvalue weighted by Gasteiger charge is -2.34. The smallest absolute Gasteiger partial charge is 0.444 e. The summed E-state index contributed by atoms with van der Waals surface area (Å²) in [5, 5.41) is 3.09. The minimum Gasteiger partial charge on any atom is -0.444 e. The highest BCUT2D eigenvalue weighted by Gasteiger charge is 2.51. The zero-order chi connectivity index (χ0) is 30.0. The lowest BCUT2D eigenvalue weighted by atomic mass is 9.78. The normalized spacial score (nSPS) is 18.8. The van der Waals surface area contributed by atoms with E-state index in [0.29, 0.717) is 25.4 Å². The van der Waals surface area contributed by atoms with Crippen molar-refractivity contribution in [1.29, 1.82) is 0 Å². The first-order valence-electron chi connectivity index (χ1n) is 15.0. The van der Waals surface area contributed by atoms with E-state index in [4.69, 9.17) is 14.0 Å². The lowest BCUT2D eigenvalue weighted by molar-refractivity contribution is -0.116. The molecule has 2 aromatic rings. The largest absolute Gasteiger partial charge is 0.494 e. The summed E-state index contributed by atoms with van der Waals surface area (Å²) in [4.78, 5) is 27.0. The molecule has 8 heteroatoms. The molecule has 2 saturated heterocycles. The second-order valence-electron chi connectivity index (χ2n) is 13.5. The SMILES string of the molecule is Cc1ccc(NC(=O)CCCc2ccc(B3OC(C)(C)C(C)(C)O3)cc2)cc1C1CCN(C(=O)OC(C)(C)C)CC1. The number of hydrogen-bond acceptors (Lipinski definition) is 5. The van der Waals surface area contributed by atoms with Crippen LogP contribution in [0.2, 0.25) is 0 Å². The number of anilines is 1. The van der Waals surface area contributed by atoms with Crippen molar-refractivity contribution < 1.29 is 23.6 Å². The van der Waals surface area contributed by atoms with Gasteiger partial charge in [-0.15, -0.1) is 0 Å². The molecule has 222 valence electrons. The van der Waals surface area contributed by atoms with Crippen LogP contribution in [0.5, 0.6) is 0 Å². The monoisotopic (exact) mass is 562 g/mol. The van der Waals surface area contributed by atoms with Crippen LogP contribution < -0.4 is 10.8 Å². The van der Waals surface area contributed by atoms with Gasteiger partial charge in [0.05, 0.1) is 11.2 Å². The van der Waals surface area contributed by atoms with Gasteiger partial charge in [0.2, 0.25) is 5.91 Å². The summed E-state index contributed by atoms with van der Waals surface area (Å²) < 4.78 is 17.8. The van der Waals surface area contributed by atoms with Crippen molar-refractivity contribution >= 4 is 30.3 Å². The zero-order valence-electron chi connectivity index (χ0n) is 26.1. The van der Waals surface area contributed by atoms with Crippen molar-refractivity contribution in [2.45, 2.75) is 110 Å². The third kappa shape index (κ3) is 7.92. The third-order valence-electron chi connectivity index (χ3n) is 8.52. The van der Waals surface area contributed by atoms with Gasteiger partial charge >= 0.3 is 13.2 Å². The number of carbonyl (C=O) groups is 2. The molecule has 0 bridgehead atoms. The maximum Gasteiger partial charge on any atom is 0.494 e. The molecule has 0 aromatic heterocycles. The molecule has 0 aliphatic carbocycles. The predicted octanol–water partition coefficient (Wildman–Crippen LogP) is 6.37. The molecule has 2 fully saturated rings. The molecule has 2 aliphatic rings. The number of rotatable bonds is 7. The first-order valence-corrected chi connectivity index (χ1v) is 15.0. The average molecular weight is 563 g/mol. The number of amides is 2. The van der Waals surface area contributed by atoms with E-state index in [9.17, 15) is 9.59 Å². The van der Waals surface area contributed by atoms with Crippen molar-refractivity contribution in [3.05, 3.63) is 59.2 Å². The number of likely N-dealkylation sites (tertiary alicyclic amines) is 1. The Morgan fingerprint density at radius 1 is 1.00 bits per heavy atom. The number of nitrogens with zero attached hydrogens (tertiary/aromatic N) is 1. The number of piperidine rings is 1. The van der Waals surface area contributed by atoms with Gasteiger partial charge in [-0.05, 0) is 121 Å². The summed E-state index contributed by atoms with van der Waals surface area (Å²) in [5.74, 6) is 0.374. The van der Waals surface area contributed by atoms with Gasteiger partial charge in [0.25, 0.3) is 0 Å². The van der Waals surface area contributed by atoms with Gasteiger partial charge in [-0.3, -0.25) is 4.79 Å². The fourth-order valence-electron chi connectivity index (χ4n) is 5.35. The van der Waals surface area contributed by atoms with E-state index in [-0.39, 0.29) is 30.3 Å². The van der Waals surface area contributed by atoms with Crippen LogP contribution in [0.1, 0.15) is 96.8 Å². The number of aryl methyl sites for hydroxylation is 2. The maximum atomic E-state index is 12.8. The molecular formula is C33H47BN2O5. The van der Waals surface area contributed by atoms with E-state index in [1.165, 1.54) is 16.7 Å². The minimum atomic E-state index is -0.489. The Labute approximate surface area is 246 Å². The van der Waals surface area contributed by atoms with Gasteiger partial charge in [0.15, 0.2) is 0 Å². The van der Waals surface area contributed by atoms with Gasteiger partial charge < -0.3 is 24.3 Å². The number of ether oxygens (including phenoxy) is 1. The Balaban J connectivity index is 1.24. The van der Waals surface area contributed by atoms with Crippen LogP contribution in [0.25, 0.3) is 0 Å². The summed E-state index contributed by atoms with van der Waals surface area (Å²) in [5.41, 5.74) is 4.28. The van der Waals surface area contributed by atoms with Crippen molar-refractivity contribution in [2.75, 3.05) is 18.4 Å². The maximum absolute atomic E-state index is 12.8. The zero-order valence-corrected chi connectivity index (χ0v) is 26.1. The van der Waals surface area contributed by atoms with Crippen molar-refractivity contribution in [3.8, 4) is 0 Å². The standard InChI is InChI=1S/C33H47BN2O5/c1-23-12-17-27(22-28(23)25-18-20-36(21-19-25)30(38)39-31(2,3)4)35-29(37)11-9-10-24-13-15-26(16-14-24)34-40-32(5,6)33(7,8)41-34/h12-17,22,25H,9-11,18-21H2,1-8H3,(H,35,37). The predicted molar refractivity (Wildman–Crippen MR) is 165 cm³/mol. The van der Waals surface area contributed by atoms with E-state index in [0.717, 1.165) is 36.8 Å². The van der Waals surface area contributed by atoms with Crippen LogP contribution in [-0.2, 0) is 25.3 Å². The first-order chi connectivity index (χ1) is 19.1. The summed E-state index contributed by atoms with van der Waals surface area (Å²) in [6.07, 6.45) is 3.57. The molecule has 4 rings (SSSR count). The molecule has 0 unspecified atom stereocenters. The molecule has 0 radical (unpaired) electrons. The summed E-state index contributed by atoms with van der Waals surface area (Å²) in [6.45, 7) is 17.4. The van der Waals surface area contributed by atoms with Crippen LogP contribution in [0.3, 0.4) is 0 Å². The van der Waals surface area contributed by atoms with Crippen LogP contribution in [-0.4, -0.2) is 53.9 Å². The summed E-state index contributed by atoms with van der Waals surface area (Å²) in [7, 11) is -0.364. The molecule has 2 amide bonds. The van der Waals surface area contributed by atoms with E-state index < -0.39 is 5.60 Å².